The second-order valence-electron chi connectivity index (χ2n) is 6.67. The molecule has 0 radical (unpaired) electrons. The van der Waals surface area contributed by atoms with E-state index in [1.165, 1.54) is 16.7 Å². The number of thioether (sulfide) groups is 1. The average Bonchev–Trinajstić information content (AvgIpc) is 2.87. The first-order chi connectivity index (χ1) is 13.0. The fourth-order valence-electron chi connectivity index (χ4n) is 2.81. The number of amides is 2. The van der Waals surface area contributed by atoms with Crippen molar-refractivity contribution in [3.63, 3.8) is 0 Å². The second-order valence-corrected chi connectivity index (χ2v) is 7.75. The van der Waals surface area contributed by atoms with E-state index in [4.69, 9.17) is 4.74 Å². The zero-order chi connectivity index (χ0) is 19.4. The quantitative estimate of drug-likeness (QED) is 0.671. The van der Waals surface area contributed by atoms with E-state index in [0.29, 0.717) is 17.1 Å². The van der Waals surface area contributed by atoms with Crippen LogP contribution in [0.5, 0.6) is 0 Å². The van der Waals surface area contributed by atoms with Crippen molar-refractivity contribution in [1.29, 1.82) is 0 Å². The molecule has 0 atom stereocenters. The van der Waals surface area contributed by atoms with E-state index in [-0.39, 0.29) is 24.5 Å². The van der Waals surface area contributed by atoms with Gasteiger partial charge in [0, 0.05) is 4.90 Å². The molecule has 2 aromatic carbocycles. The number of nitrogens with zero attached hydrogens (tertiary/aromatic N) is 1. The fraction of sp³-hybridized carbons (Fsp3) is 0.273. The first-order valence-corrected chi connectivity index (χ1v) is 9.81. The molecule has 0 fully saturated rings. The Hall–Kier alpha value is -2.37. The van der Waals surface area contributed by atoms with Crippen LogP contribution in [-0.4, -0.2) is 36.0 Å². The average molecular weight is 381 g/mol. The summed E-state index contributed by atoms with van der Waals surface area (Å²) >= 11 is 1.34. The molecule has 2 aromatic rings. The van der Waals surface area contributed by atoms with Gasteiger partial charge in [-0.15, -0.1) is 0 Å². The van der Waals surface area contributed by atoms with Crippen molar-refractivity contribution in [3.8, 4) is 0 Å². The van der Waals surface area contributed by atoms with Crippen LogP contribution in [0.25, 0.3) is 5.57 Å². The molecule has 27 heavy (non-hydrogen) atoms. The number of hydrogen-bond donors (Lipinski definition) is 0. The maximum atomic E-state index is 13.1. The van der Waals surface area contributed by atoms with E-state index in [1.54, 1.807) is 0 Å². The Bertz CT molecular complexity index is 857. The van der Waals surface area contributed by atoms with Gasteiger partial charge in [0.05, 0.1) is 29.7 Å². The van der Waals surface area contributed by atoms with Gasteiger partial charge >= 0.3 is 0 Å². The first kappa shape index (κ1) is 19.4. The van der Waals surface area contributed by atoms with Crippen LogP contribution < -0.4 is 0 Å². The van der Waals surface area contributed by atoms with E-state index >= 15 is 0 Å². The van der Waals surface area contributed by atoms with Gasteiger partial charge < -0.3 is 4.74 Å². The lowest BCUT2D eigenvalue weighted by Crippen LogP contribution is -2.35. The highest BCUT2D eigenvalue weighted by Gasteiger charge is 2.39. The summed E-state index contributed by atoms with van der Waals surface area (Å²) < 4.78 is 5.54. The summed E-state index contributed by atoms with van der Waals surface area (Å²) in [5, 5.41) is 0. The van der Waals surface area contributed by atoms with Gasteiger partial charge in [0.1, 0.15) is 0 Å². The highest BCUT2D eigenvalue weighted by molar-refractivity contribution is 8.04. The topological polar surface area (TPSA) is 46.6 Å². The summed E-state index contributed by atoms with van der Waals surface area (Å²) in [5.41, 5.74) is 2.35. The first-order valence-electron chi connectivity index (χ1n) is 8.99. The fourth-order valence-corrected chi connectivity index (χ4v) is 3.85. The number of imide groups is 1. The number of carbonyl (C=O) groups is 2. The highest BCUT2D eigenvalue weighted by Crippen LogP contribution is 2.39. The number of hydrogen-bond acceptors (Lipinski definition) is 4. The summed E-state index contributed by atoms with van der Waals surface area (Å²) in [7, 11) is 0. The second kappa shape index (κ2) is 8.55. The molecule has 0 bridgehead atoms. The van der Waals surface area contributed by atoms with Gasteiger partial charge in [-0.1, -0.05) is 59.8 Å². The molecule has 0 saturated carbocycles. The monoisotopic (exact) mass is 381 g/mol. The third-order valence-corrected chi connectivity index (χ3v) is 5.29. The molecule has 1 aliphatic heterocycles. The summed E-state index contributed by atoms with van der Waals surface area (Å²) in [5.74, 6) is -0.508. The van der Waals surface area contributed by atoms with Crippen molar-refractivity contribution in [1.82, 2.24) is 4.90 Å². The van der Waals surface area contributed by atoms with Crippen LogP contribution in [0, 0.1) is 6.92 Å². The molecule has 140 valence electrons. The van der Waals surface area contributed by atoms with Gasteiger partial charge in [0.25, 0.3) is 11.8 Å². The summed E-state index contributed by atoms with van der Waals surface area (Å²) in [4.78, 5) is 28.8. The molecular formula is C22H23NO3S. The van der Waals surface area contributed by atoms with Gasteiger partial charge in [-0.2, -0.15) is 0 Å². The number of ether oxygens (including phenoxy) is 1. The molecule has 0 spiro atoms. The molecule has 4 nitrogen and oxygen atoms in total. The normalized spacial score (nSPS) is 14.6. The van der Waals surface area contributed by atoms with Crippen molar-refractivity contribution in [2.24, 2.45) is 0 Å². The molecule has 5 heteroatoms. The Balaban J connectivity index is 1.94. The Kier molecular flexibility index (Phi) is 6.14. The van der Waals surface area contributed by atoms with E-state index in [0.717, 1.165) is 16.0 Å². The maximum absolute atomic E-state index is 13.1. The van der Waals surface area contributed by atoms with Gasteiger partial charge in [-0.05, 0) is 38.5 Å². The highest BCUT2D eigenvalue weighted by atomic mass is 32.2. The third kappa shape index (κ3) is 4.49. The van der Waals surface area contributed by atoms with Gasteiger partial charge in [0.2, 0.25) is 0 Å². The lowest BCUT2D eigenvalue weighted by Gasteiger charge is -2.16. The number of benzene rings is 2. The standard InChI is InChI=1S/C22H23NO3S/c1-15(2)26-14-13-23-21(24)19(17-11-9-16(3)10-12-17)20(22(23)25)27-18-7-5-4-6-8-18/h4-12,15H,13-14H2,1-3H3. The zero-order valence-electron chi connectivity index (χ0n) is 15.8. The zero-order valence-corrected chi connectivity index (χ0v) is 16.6. The van der Waals surface area contributed by atoms with Crippen molar-refractivity contribution >= 4 is 29.1 Å². The van der Waals surface area contributed by atoms with E-state index < -0.39 is 0 Å². The minimum Gasteiger partial charge on any atom is -0.377 e. The SMILES string of the molecule is Cc1ccc(C2=C(Sc3ccccc3)C(=O)N(CCOC(C)C)C2=O)cc1. The minimum atomic E-state index is -0.255. The van der Waals surface area contributed by atoms with Crippen LogP contribution in [0.3, 0.4) is 0 Å². The van der Waals surface area contributed by atoms with Crippen LogP contribution in [0.4, 0.5) is 0 Å². The van der Waals surface area contributed by atoms with Gasteiger partial charge in [-0.25, -0.2) is 0 Å². The van der Waals surface area contributed by atoms with Gasteiger partial charge in [0.15, 0.2) is 0 Å². The van der Waals surface area contributed by atoms with Crippen LogP contribution in [-0.2, 0) is 14.3 Å². The summed E-state index contributed by atoms with van der Waals surface area (Å²) in [6, 6.07) is 17.3. The largest absolute Gasteiger partial charge is 0.377 e. The number of carbonyl (C=O) groups excluding carboxylic acids is 2. The molecule has 0 aliphatic carbocycles. The van der Waals surface area contributed by atoms with Crippen LogP contribution >= 0.6 is 11.8 Å². The smallest absolute Gasteiger partial charge is 0.268 e. The molecule has 1 heterocycles. The Morgan fingerprint density at radius 1 is 0.963 bits per heavy atom. The number of rotatable bonds is 7. The van der Waals surface area contributed by atoms with Crippen LogP contribution in [0.2, 0.25) is 0 Å². The molecule has 0 saturated heterocycles. The molecular weight excluding hydrogens is 358 g/mol. The molecule has 1 aliphatic rings. The summed E-state index contributed by atoms with van der Waals surface area (Å²) in [6.07, 6.45) is 0.0560. The Morgan fingerprint density at radius 3 is 2.26 bits per heavy atom. The lowest BCUT2D eigenvalue weighted by molar-refractivity contribution is -0.137. The van der Waals surface area contributed by atoms with Crippen LogP contribution in [0.1, 0.15) is 25.0 Å². The minimum absolute atomic E-state index is 0.0560. The van der Waals surface area contributed by atoms with Crippen molar-refractivity contribution in [2.75, 3.05) is 13.2 Å². The maximum Gasteiger partial charge on any atom is 0.268 e. The molecule has 0 N–H and O–H groups in total. The number of aryl methyl sites for hydroxylation is 1. The molecule has 0 unspecified atom stereocenters. The van der Waals surface area contributed by atoms with E-state index in [1.807, 2.05) is 75.4 Å². The van der Waals surface area contributed by atoms with Crippen molar-refractivity contribution in [2.45, 2.75) is 31.8 Å². The predicted molar refractivity (Wildman–Crippen MR) is 108 cm³/mol. The third-order valence-electron chi connectivity index (χ3n) is 4.19. The van der Waals surface area contributed by atoms with Crippen molar-refractivity contribution < 1.29 is 14.3 Å². The molecule has 0 aromatic heterocycles. The molecule has 2 amide bonds. The Morgan fingerprint density at radius 2 is 1.63 bits per heavy atom. The Labute approximate surface area is 164 Å². The lowest BCUT2D eigenvalue weighted by atomic mass is 10.0. The van der Waals surface area contributed by atoms with Crippen molar-refractivity contribution in [3.05, 3.63) is 70.6 Å². The summed E-state index contributed by atoms with van der Waals surface area (Å²) in [6.45, 7) is 6.44. The predicted octanol–water partition coefficient (Wildman–Crippen LogP) is 4.29. The van der Waals surface area contributed by atoms with Gasteiger partial charge in [-0.3, -0.25) is 14.5 Å². The molecule has 3 rings (SSSR count). The van der Waals surface area contributed by atoms with Crippen LogP contribution in [0.15, 0.2) is 64.4 Å². The van der Waals surface area contributed by atoms with E-state index in [2.05, 4.69) is 0 Å². The van der Waals surface area contributed by atoms with E-state index in [9.17, 15) is 9.59 Å².